The van der Waals surface area contributed by atoms with Crippen LogP contribution in [-0.2, 0) is 4.74 Å². The number of amides is 1. The van der Waals surface area contributed by atoms with E-state index in [1.54, 1.807) is 0 Å². The van der Waals surface area contributed by atoms with Gasteiger partial charge in [-0.25, -0.2) is 4.79 Å². The van der Waals surface area contributed by atoms with Crippen LogP contribution in [-0.4, -0.2) is 32.8 Å². The first-order chi connectivity index (χ1) is 23.2. The molecular weight excluding hydrogens is 576 g/mol. The lowest BCUT2D eigenvalue weighted by Crippen LogP contribution is -2.30. The summed E-state index contributed by atoms with van der Waals surface area (Å²) in [6.45, 7) is 6.63. The predicted molar refractivity (Wildman–Crippen MR) is 209 cm³/mol. The fraction of sp³-hybridized carbons (Fsp3) is 0.791. The van der Waals surface area contributed by atoms with Crippen LogP contribution in [0.2, 0.25) is 0 Å². The summed E-state index contributed by atoms with van der Waals surface area (Å²) < 4.78 is 5.36. The third-order valence-electron chi connectivity index (χ3n) is 8.97. The minimum Gasteiger partial charge on any atom is -0.450 e. The normalized spacial score (nSPS) is 12.2. The smallest absolute Gasteiger partial charge is 0.407 e. The van der Waals surface area contributed by atoms with Gasteiger partial charge in [-0.05, 0) is 103 Å². The second kappa shape index (κ2) is 40.4. The molecule has 0 saturated carbocycles. The average molecular weight is 657 g/mol. The lowest BCUT2D eigenvalue weighted by Gasteiger charge is -2.18. The highest BCUT2D eigenvalue weighted by atomic mass is 16.5. The molecule has 274 valence electrons. The number of rotatable bonds is 36. The second-order valence-corrected chi connectivity index (χ2v) is 13.6. The van der Waals surface area contributed by atoms with E-state index in [0.717, 1.165) is 32.4 Å². The molecule has 4 nitrogen and oxygen atoms in total. The summed E-state index contributed by atoms with van der Waals surface area (Å²) in [7, 11) is 1.92. The molecule has 0 radical (unpaired) electrons. The molecule has 0 rings (SSSR count). The van der Waals surface area contributed by atoms with Gasteiger partial charge in [0.25, 0.3) is 0 Å². The zero-order valence-electron chi connectivity index (χ0n) is 31.7. The molecule has 47 heavy (non-hydrogen) atoms. The highest BCUT2D eigenvalue weighted by molar-refractivity contribution is 5.67. The SMILES string of the molecule is CCCCC/C=C\C/C=C\CCCCCCCCC(CCCCCCCC/C=C\C/C=C\CCCCC)CNC(=O)OCCCNC. The van der Waals surface area contributed by atoms with Crippen LogP contribution in [0, 0.1) is 5.92 Å². The van der Waals surface area contributed by atoms with E-state index in [9.17, 15) is 4.79 Å². The molecule has 0 atom stereocenters. The number of ether oxygens (including phenoxy) is 1. The van der Waals surface area contributed by atoms with Crippen LogP contribution in [0.15, 0.2) is 48.6 Å². The summed E-state index contributed by atoms with van der Waals surface area (Å²) >= 11 is 0. The van der Waals surface area contributed by atoms with Crippen LogP contribution < -0.4 is 10.6 Å². The van der Waals surface area contributed by atoms with Gasteiger partial charge in [-0.3, -0.25) is 0 Å². The molecule has 4 heteroatoms. The maximum atomic E-state index is 12.2. The number of carbonyl (C=O) groups is 1. The first-order valence-corrected chi connectivity index (χ1v) is 20.4. The van der Waals surface area contributed by atoms with Gasteiger partial charge in [0.2, 0.25) is 0 Å². The molecule has 0 spiro atoms. The first kappa shape index (κ1) is 45.2. The number of alkyl carbamates (subject to hydrolysis) is 1. The average Bonchev–Trinajstić information content (AvgIpc) is 3.08. The van der Waals surface area contributed by atoms with Gasteiger partial charge >= 0.3 is 6.09 Å². The first-order valence-electron chi connectivity index (χ1n) is 20.4. The van der Waals surface area contributed by atoms with Gasteiger partial charge in [0.15, 0.2) is 0 Å². The van der Waals surface area contributed by atoms with Crippen molar-refractivity contribution < 1.29 is 9.53 Å². The van der Waals surface area contributed by atoms with E-state index in [1.807, 2.05) is 7.05 Å². The summed E-state index contributed by atoms with van der Waals surface area (Å²) in [6.07, 6.45) is 52.7. The Morgan fingerprint density at radius 3 is 1.36 bits per heavy atom. The minimum atomic E-state index is -0.250. The molecule has 0 aromatic heterocycles. The van der Waals surface area contributed by atoms with Crippen LogP contribution in [0.4, 0.5) is 4.79 Å². The Kier molecular flexibility index (Phi) is 38.8. The molecule has 0 saturated heterocycles. The number of carbonyl (C=O) groups excluding carboxylic acids is 1. The lowest BCUT2D eigenvalue weighted by molar-refractivity contribution is 0.142. The monoisotopic (exact) mass is 657 g/mol. The van der Waals surface area contributed by atoms with Gasteiger partial charge in [-0.1, -0.05) is 152 Å². The number of allylic oxidation sites excluding steroid dienone is 8. The second-order valence-electron chi connectivity index (χ2n) is 13.6. The Morgan fingerprint density at radius 1 is 0.532 bits per heavy atom. The van der Waals surface area contributed by atoms with Gasteiger partial charge in [0, 0.05) is 6.54 Å². The fourth-order valence-corrected chi connectivity index (χ4v) is 5.88. The molecule has 0 fully saturated rings. The van der Waals surface area contributed by atoms with E-state index in [4.69, 9.17) is 4.74 Å². The summed E-state index contributed by atoms with van der Waals surface area (Å²) in [6, 6.07) is 0. The summed E-state index contributed by atoms with van der Waals surface area (Å²) in [5.41, 5.74) is 0. The van der Waals surface area contributed by atoms with Crippen molar-refractivity contribution in [2.75, 3.05) is 26.7 Å². The van der Waals surface area contributed by atoms with E-state index in [0.29, 0.717) is 12.5 Å². The van der Waals surface area contributed by atoms with E-state index in [1.165, 1.54) is 154 Å². The molecule has 0 aliphatic carbocycles. The van der Waals surface area contributed by atoms with E-state index < -0.39 is 0 Å². The van der Waals surface area contributed by atoms with Crippen molar-refractivity contribution in [3.05, 3.63) is 48.6 Å². The largest absolute Gasteiger partial charge is 0.450 e. The maximum Gasteiger partial charge on any atom is 0.407 e. The van der Waals surface area contributed by atoms with E-state index in [2.05, 4.69) is 73.1 Å². The van der Waals surface area contributed by atoms with Crippen LogP contribution in [0.25, 0.3) is 0 Å². The molecule has 0 aliphatic rings. The predicted octanol–water partition coefficient (Wildman–Crippen LogP) is 13.3. The van der Waals surface area contributed by atoms with Crippen molar-refractivity contribution in [2.45, 2.75) is 187 Å². The van der Waals surface area contributed by atoms with Crippen LogP contribution in [0.5, 0.6) is 0 Å². The number of hydrogen-bond acceptors (Lipinski definition) is 3. The van der Waals surface area contributed by atoms with E-state index >= 15 is 0 Å². The summed E-state index contributed by atoms with van der Waals surface area (Å²) in [5, 5.41) is 6.16. The van der Waals surface area contributed by atoms with Crippen molar-refractivity contribution in [2.24, 2.45) is 5.92 Å². The third-order valence-corrected chi connectivity index (χ3v) is 8.97. The van der Waals surface area contributed by atoms with Gasteiger partial charge in [0.05, 0.1) is 6.61 Å². The van der Waals surface area contributed by atoms with Crippen molar-refractivity contribution >= 4 is 6.09 Å². The third kappa shape index (κ3) is 38.5. The Morgan fingerprint density at radius 2 is 0.936 bits per heavy atom. The quantitative estimate of drug-likeness (QED) is 0.0521. The van der Waals surface area contributed by atoms with E-state index in [-0.39, 0.29) is 6.09 Å². The molecule has 0 unspecified atom stereocenters. The molecular formula is C43H80N2O2. The highest BCUT2D eigenvalue weighted by Crippen LogP contribution is 2.19. The number of unbranched alkanes of at least 4 members (excludes halogenated alkanes) is 18. The Hall–Kier alpha value is -1.81. The van der Waals surface area contributed by atoms with Crippen molar-refractivity contribution in [1.82, 2.24) is 10.6 Å². The molecule has 0 heterocycles. The van der Waals surface area contributed by atoms with Crippen molar-refractivity contribution in [3.8, 4) is 0 Å². The summed E-state index contributed by atoms with van der Waals surface area (Å²) in [4.78, 5) is 12.2. The van der Waals surface area contributed by atoms with Crippen LogP contribution >= 0.6 is 0 Å². The zero-order valence-corrected chi connectivity index (χ0v) is 31.7. The fourth-order valence-electron chi connectivity index (χ4n) is 5.88. The minimum absolute atomic E-state index is 0.250. The molecule has 2 N–H and O–H groups in total. The topological polar surface area (TPSA) is 50.4 Å². The van der Waals surface area contributed by atoms with Gasteiger partial charge in [0.1, 0.15) is 0 Å². The number of hydrogen-bond donors (Lipinski definition) is 2. The van der Waals surface area contributed by atoms with Crippen LogP contribution in [0.1, 0.15) is 187 Å². The Bertz CT molecular complexity index is 694. The van der Waals surface area contributed by atoms with Gasteiger partial charge in [-0.15, -0.1) is 0 Å². The Balaban J connectivity index is 4.03. The molecule has 0 aromatic rings. The zero-order chi connectivity index (χ0) is 34.1. The molecule has 0 aliphatic heterocycles. The lowest BCUT2D eigenvalue weighted by atomic mass is 9.94. The Labute approximate surface area is 294 Å². The molecule has 0 bridgehead atoms. The van der Waals surface area contributed by atoms with Gasteiger partial charge < -0.3 is 15.4 Å². The maximum absolute atomic E-state index is 12.2. The summed E-state index contributed by atoms with van der Waals surface area (Å²) in [5.74, 6) is 0.566. The number of nitrogens with one attached hydrogen (secondary N) is 2. The molecule has 1 amide bonds. The van der Waals surface area contributed by atoms with Gasteiger partial charge in [-0.2, -0.15) is 0 Å². The highest BCUT2D eigenvalue weighted by Gasteiger charge is 2.11. The van der Waals surface area contributed by atoms with Crippen molar-refractivity contribution in [1.29, 1.82) is 0 Å². The standard InChI is InChI=1S/C43H80N2O2/c1-4-6-8-10-12-14-16-18-20-22-24-26-28-30-32-34-37-42(41-45-43(46)47-40-36-39-44-3)38-35-33-31-29-27-25-23-21-19-17-15-13-11-9-7-5-2/h12-15,18-21,42,44H,4-11,16-17,22-41H2,1-3H3,(H,45,46)/b14-12-,15-13-,20-18-,21-19-. The molecule has 0 aromatic carbocycles. The van der Waals surface area contributed by atoms with Crippen molar-refractivity contribution in [3.63, 3.8) is 0 Å². The van der Waals surface area contributed by atoms with Crippen LogP contribution in [0.3, 0.4) is 0 Å².